The maximum Gasteiger partial charge on any atom is 0.411 e. The molecule has 1 aliphatic rings. The average molecular weight is 553 g/mol. The van der Waals surface area contributed by atoms with Crippen molar-refractivity contribution in [2.45, 2.75) is 71.2 Å². The van der Waals surface area contributed by atoms with Gasteiger partial charge in [-0.25, -0.2) is 27.6 Å². The fourth-order valence-electron chi connectivity index (χ4n) is 3.27. The molecule has 1 heterocycles. The highest BCUT2D eigenvalue weighted by Gasteiger charge is 2.44. The van der Waals surface area contributed by atoms with Crippen LogP contribution in [0.3, 0.4) is 0 Å². The molecule has 1 aromatic rings. The van der Waals surface area contributed by atoms with Crippen LogP contribution in [0.4, 0.5) is 31.5 Å². The minimum atomic E-state index is -2.45. The highest BCUT2D eigenvalue weighted by molar-refractivity contribution is 5.85. The predicted molar refractivity (Wildman–Crippen MR) is 119 cm³/mol. The lowest BCUT2D eigenvalue weighted by atomic mass is 10.1. The fourth-order valence-corrected chi connectivity index (χ4v) is 3.27. The topological polar surface area (TPSA) is 123 Å². The Morgan fingerprint density at radius 2 is 1.34 bits per heavy atom. The van der Waals surface area contributed by atoms with Gasteiger partial charge in [-0.2, -0.15) is 8.78 Å². The largest absolute Gasteiger partial charge is 0.444 e. The number of nitrogens with zero attached hydrogens (tertiary/aromatic N) is 1. The van der Waals surface area contributed by atoms with Gasteiger partial charge in [-0.05, 0) is 41.5 Å². The van der Waals surface area contributed by atoms with Crippen LogP contribution < -0.4 is 15.4 Å². The minimum absolute atomic E-state index is 0.343. The summed E-state index contributed by atoms with van der Waals surface area (Å²) in [7, 11) is 0. The molecule has 1 aromatic carbocycles. The summed E-state index contributed by atoms with van der Waals surface area (Å²) >= 11 is 0. The van der Waals surface area contributed by atoms with Crippen molar-refractivity contribution in [3.8, 4) is 5.75 Å². The molecule has 0 radical (unpaired) electrons. The van der Waals surface area contributed by atoms with Crippen LogP contribution in [0.5, 0.6) is 5.75 Å². The zero-order valence-electron chi connectivity index (χ0n) is 21.5. The van der Waals surface area contributed by atoms with E-state index in [1.807, 2.05) is 0 Å². The van der Waals surface area contributed by atoms with E-state index >= 15 is 0 Å². The van der Waals surface area contributed by atoms with Crippen molar-refractivity contribution in [1.82, 2.24) is 15.5 Å². The maximum atomic E-state index is 14.0. The molecule has 0 spiro atoms. The Bertz CT molecular complexity index is 1090. The summed E-state index contributed by atoms with van der Waals surface area (Å²) in [4.78, 5) is 50.2. The summed E-state index contributed by atoms with van der Waals surface area (Å²) in [6, 6.07) is -2.58. The van der Waals surface area contributed by atoms with E-state index in [4.69, 9.17) is 9.47 Å². The van der Waals surface area contributed by atoms with E-state index in [9.17, 15) is 41.1 Å². The number of benzene rings is 1. The third kappa shape index (κ3) is 7.92. The van der Waals surface area contributed by atoms with Crippen molar-refractivity contribution in [2.75, 3.05) is 13.1 Å². The number of alkyl carbamates (subject to hydrolysis) is 1. The standard InChI is InChI=1S/C23H28F5N3O7/c1-22(2,3)37-20(34)29-8-12(32)30-10-7-11(31(9-10)21(35)38-23(4,5)6)19(33)36-18-16(27)14(25)13(24)15(26)17(18)28/h10-11H,7-9H2,1-6H3,(H,29,34)(H,30,32)/t10?,11-/m0/s1. The van der Waals surface area contributed by atoms with E-state index in [1.54, 1.807) is 20.8 Å². The van der Waals surface area contributed by atoms with Crippen LogP contribution in [0, 0.1) is 29.1 Å². The Hall–Kier alpha value is -3.65. The molecule has 10 nitrogen and oxygen atoms in total. The predicted octanol–water partition coefficient (Wildman–Crippen LogP) is 3.31. The molecule has 2 N–H and O–H groups in total. The number of nitrogens with one attached hydrogen (secondary N) is 2. The second-order valence-corrected chi connectivity index (χ2v) is 10.3. The molecule has 2 atom stereocenters. The van der Waals surface area contributed by atoms with Crippen LogP contribution in [-0.4, -0.2) is 65.3 Å². The van der Waals surface area contributed by atoms with Crippen LogP contribution >= 0.6 is 0 Å². The maximum absolute atomic E-state index is 14.0. The van der Waals surface area contributed by atoms with Crippen molar-refractivity contribution in [3.05, 3.63) is 29.1 Å². The summed E-state index contributed by atoms with van der Waals surface area (Å²) in [6.07, 6.45) is -2.31. The first-order valence-electron chi connectivity index (χ1n) is 11.3. The summed E-state index contributed by atoms with van der Waals surface area (Å²) in [5, 5.41) is 4.67. The molecular weight excluding hydrogens is 525 g/mol. The Kier molecular flexibility index (Phi) is 9.17. The van der Waals surface area contributed by atoms with Crippen LogP contribution in [0.2, 0.25) is 0 Å². The molecule has 212 valence electrons. The molecule has 1 fully saturated rings. The Morgan fingerprint density at radius 1 is 0.842 bits per heavy atom. The van der Waals surface area contributed by atoms with E-state index in [0.29, 0.717) is 0 Å². The van der Waals surface area contributed by atoms with Crippen LogP contribution in [0.15, 0.2) is 0 Å². The molecule has 0 saturated carbocycles. The van der Waals surface area contributed by atoms with Crippen molar-refractivity contribution in [1.29, 1.82) is 0 Å². The highest BCUT2D eigenvalue weighted by atomic mass is 19.2. The second-order valence-electron chi connectivity index (χ2n) is 10.3. The van der Waals surface area contributed by atoms with Gasteiger partial charge in [0.1, 0.15) is 23.8 Å². The zero-order chi connectivity index (χ0) is 29.2. The molecule has 2 rings (SSSR count). The molecule has 0 aromatic heterocycles. The molecule has 0 aliphatic carbocycles. The molecule has 1 aliphatic heterocycles. The van der Waals surface area contributed by atoms with E-state index < -0.39 is 88.7 Å². The van der Waals surface area contributed by atoms with Crippen molar-refractivity contribution in [2.24, 2.45) is 0 Å². The van der Waals surface area contributed by atoms with Crippen LogP contribution in [-0.2, 0) is 19.1 Å². The second kappa shape index (κ2) is 11.4. The number of hydrogen-bond donors (Lipinski definition) is 2. The number of carbonyl (C=O) groups is 4. The molecule has 1 saturated heterocycles. The highest BCUT2D eigenvalue weighted by Crippen LogP contribution is 2.31. The van der Waals surface area contributed by atoms with Gasteiger partial charge >= 0.3 is 18.2 Å². The average Bonchev–Trinajstić information content (AvgIpc) is 3.19. The lowest BCUT2D eigenvalue weighted by molar-refractivity contribution is -0.139. The summed E-state index contributed by atoms with van der Waals surface area (Å²) < 4.78 is 83.1. The number of amides is 3. The van der Waals surface area contributed by atoms with Crippen molar-refractivity contribution >= 4 is 24.1 Å². The summed E-state index contributed by atoms with van der Waals surface area (Å²) in [5.74, 6) is -16.0. The van der Waals surface area contributed by atoms with Gasteiger partial charge in [-0.1, -0.05) is 0 Å². The number of ether oxygens (including phenoxy) is 3. The number of halogens is 5. The van der Waals surface area contributed by atoms with E-state index in [-0.39, 0.29) is 13.0 Å². The van der Waals surface area contributed by atoms with Crippen molar-refractivity contribution < 1.29 is 55.3 Å². The minimum Gasteiger partial charge on any atom is -0.444 e. The van der Waals surface area contributed by atoms with Gasteiger partial charge in [0.2, 0.25) is 40.7 Å². The van der Waals surface area contributed by atoms with Gasteiger partial charge in [0.15, 0.2) is 0 Å². The first-order chi connectivity index (χ1) is 17.3. The molecule has 1 unspecified atom stereocenters. The van der Waals surface area contributed by atoms with Crippen LogP contribution in [0.25, 0.3) is 0 Å². The third-order valence-corrected chi connectivity index (χ3v) is 4.73. The lowest BCUT2D eigenvalue weighted by Crippen LogP contribution is -2.46. The van der Waals surface area contributed by atoms with E-state index in [2.05, 4.69) is 15.4 Å². The van der Waals surface area contributed by atoms with Gasteiger partial charge in [0.25, 0.3) is 0 Å². The quantitative estimate of drug-likeness (QED) is 0.189. The molecular formula is C23H28F5N3O7. The first-order valence-corrected chi connectivity index (χ1v) is 11.3. The van der Waals surface area contributed by atoms with E-state index in [0.717, 1.165) is 4.90 Å². The normalized spacial score (nSPS) is 17.6. The molecule has 0 bridgehead atoms. The third-order valence-electron chi connectivity index (χ3n) is 4.73. The number of likely N-dealkylation sites (tertiary alicyclic amines) is 1. The van der Waals surface area contributed by atoms with Gasteiger partial charge in [0.05, 0.1) is 0 Å². The molecule has 38 heavy (non-hydrogen) atoms. The fraction of sp³-hybridized carbons (Fsp3) is 0.565. The molecule has 15 heteroatoms. The lowest BCUT2D eigenvalue weighted by Gasteiger charge is -2.27. The van der Waals surface area contributed by atoms with Crippen LogP contribution in [0.1, 0.15) is 48.0 Å². The van der Waals surface area contributed by atoms with E-state index in [1.165, 1.54) is 20.8 Å². The Balaban J connectivity index is 2.20. The first kappa shape index (κ1) is 30.6. The monoisotopic (exact) mass is 553 g/mol. The summed E-state index contributed by atoms with van der Waals surface area (Å²) in [6.45, 7) is 8.52. The number of carbonyl (C=O) groups excluding carboxylic acids is 4. The molecule has 3 amide bonds. The Morgan fingerprint density at radius 3 is 1.84 bits per heavy atom. The summed E-state index contributed by atoms with van der Waals surface area (Å²) in [5.41, 5.74) is -1.85. The van der Waals surface area contributed by atoms with Gasteiger partial charge < -0.3 is 24.8 Å². The number of rotatable bonds is 5. The zero-order valence-corrected chi connectivity index (χ0v) is 21.5. The van der Waals surface area contributed by atoms with Gasteiger partial charge in [0, 0.05) is 19.0 Å². The number of esters is 1. The SMILES string of the molecule is CC(C)(C)OC(=O)NCC(=O)NC1C[C@@H](C(=O)Oc2c(F)c(F)c(F)c(F)c2F)N(C(=O)OC(C)(C)C)C1. The van der Waals surface area contributed by atoms with Gasteiger partial charge in [-0.3, -0.25) is 9.69 Å². The Labute approximate surface area is 214 Å². The smallest absolute Gasteiger partial charge is 0.411 e. The number of hydrogen-bond acceptors (Lipinski definition) is 7. The van der Waals surface area contributed by atoms with Crippen molar-refractivity contribution in [3.63, 3.8) is 0 Å². The van der Waals surface area contributed by atoms with Gasteiger partial charge in [-0.15, -0.1) is 0 Å².